The minimum atomic E-state index is -1.17. The number of nitrogens with zero attached hydrogens (tertiary/aromatic N) is 2. The molecule has 2 atom stereocenters. The SMILES string of the molecule is CCC[C@]1(c2ccccc2)NC(=O)N(CC(=O)N2CCS[C@@H]2c2ccccc2F)C1=O. The van der Waals surface area contributed by atoms with Crippen molar-refractivity contribution in [3.63, 3.8) is 0 Å². The predicted molar refractivity (Wildman–Crippen MR) is 117 cm³/mol. The van der Waals surface area contributed by atoms with Crippen LogP contribution in [0.1, 0.15) is 36.3 Å². The molecule has 2 aliphatic heterocycles. The molecule has 6 nitrogen and oxygen atoms in total. The normalized spacial score (nSPS) is 23.4. The number of carbonyl (C=O) groups excluding carboxylic acids is 3. The van der Waals surface area contributed by atoms with Crippen molar-refractivity contribution in [3.05, 3.63) is 71.5 Å². The molecule has 2 heterocycles. The number of halogens is 1. The van der Waals surface area contributed by atoms with Crippen molar-refractivity contribution in [1.29, 1.82) is 0 Å². The van der Waals surface area contributed by atoms with Crippen molar-refractivity contribution < 1.29 is 18.8 Å². The fourth-order valence-electron chi connectivity index (χ4n) is 4.26. The van der Waals surface area contributed by atoms with Crippen LogP contribution in [0, 0.1) is 5.82 Å². The maximum atomic E-state index is 14.3. The molecule has 2 fully saturated rings. The average molecular weight is 442 g/mol. The Bertz CT molecular complexity index is 1000. The molecular weight excluding hydrogens is 417 g/mol. The van der Waals surface area contributed by atoms with Gasteiger partial charge in [-0.15, -0.1) is 11.8 Å². The highest BCUT2D eigenvalue weighted by molar-refractivity contribution is 7.99. The highest BCUT2D eigenvalue weighted by Crippen LogP contribution is 2.39. The largest absolute Gasteiger partial charge is 0.325 e. The molecule has 0 spiro atoms. The van der Waals surface area contributed by atoms with Crippen molar-refractivity contribution in [1.82, 2.24) is 15.1 Å². The number of imide groups is 1. The minimum absolute atomic E-state index is 0.367. The zero-order valence-corrected chi connectivity index (χ0v) is 18.0. The molecule has 2 aromatic carbocycles. The lowest BCUT2D eigenvalue weighted by molar-refractivity contribution is -0.139. The zero-order valence-electron chi connectivity index (χ0n) is 17.2. The number of hydrogen-bond donors (Lipinski definition) is 1. The second kappa shape index (κ2) is 8.70. The Hall–Kier alpha value is -2.87. The lowest BCUT2D eigenvalue weighted by Gasteiger charge is -2.28. The van der Waals surface area contributed by atoms with Crippen LogP contribution < -0.4 is 5.32 Å². The Balaban J connectivity index is 1.56. The molecule has 1 N–H and O–H groups in total. The van der Waals surface area contributed by atoms with Gasteiger partial charge in [0.15, 0.2) is 0 Å². The van der Waals surface area contributed by atoms with Gasteiger partial charge >= 0.3 is 6.03 Å². The molecule has 0 bridgehead atoms. The van der Waals surface area contributed by atoms with E-state index in [1.54, 1.807) is 23.1 Å². The third-order valence-corrected chi connectivity index (χ3v) is 6.99. The number of urea groups is 1. The molecule has 162 valence electrons. The third-order valence-electron chi connectivity index (χ3n) is 5.74. The van der Waals surface area contributed by atoms with Crippen LogP contribution in [0.2, 0.25) is 0 Å². The van der Waals surface area contributed by atoms with Crippen LogP contribution in [-0.4, -0.2) is 46.5 Å². The smallest absolute Gasteiger partial charge is 0.324 e. The molecule has 4 amide bonds. The summed E-state index contributed by atoms with van der Waals surface area (Å²) < 4.78 is 14.3. The summed E-state index contributed by atoms with van der Waals surface area (Å²) >= 11 is 1.47. The quantitative estimate of drug-likeness (QED) is 0.695. The van der Waals surface area contributed by atoms with E-state index in [9.17, 15) is 18.8 Å². The van der Waals surface area contributed by atoms with E-state index >= 15 is 0 Å². The molecule has 0 aliphatic carbocycles. The van der Waals surface area contributed by atoms with Gasteiger partial charge in [-0.2, -0.15) is 0 Å². The second-order valence-electron chi connectivity index (χ2n) is 7.67. The Morgan fingerprint density at radius 3 is 2.58 bits per heavy atom. The molecule has 0 radical (unpaired) electrons. The van der Waals surface area contributed by atoms with Crippen molar-refractivity contribution in [2.24, 2.45) is 0 Å². The van der Waals surface area contributed by atoms with Crippen LogP contribution in [0.3, 0.4) is 0 Å². The molecule has 2 aliphatic rings. The van der Waals surface area contributed by atoms with Crippen LogP contribution in [-0.2, 0) is 15.1 Å². The van der Waals surface area contributed by atoms with Gasteiger partial charge < -0.3 is 10.2 Å². The van der Waals surface area contributed by atoms with E-state index in [-0.39, 0.29) is 18.3 Å². The summed E-state index contributed by atoms with van der Waals surface area (Å²) in [6, 6.07) is 14.9. The number of benzene rings is 2. The van der Waals surface area contributed by atoms with Crippen molar-refractivity contribution in [2.75, 3.05) is 18.8 Å². The van der Waals surface area contributed by atoms with Crippen molar-refractivity contribution >= 4 is 29.6 Å². The van der Waals surface area contributed by atoms with E-state index in [0.717, 1.165) is 4.90 Å². The van der Waals surface area contributed by atoms with Gasteiger partial charge in [0.25, 0.3) is 5.91 Å². The molecule has 8 heteroatoms. The van der Waals surface area contributed by atoms with E-state index in [1.165, 1.54) is 17.8 Å². The summed E-state index contributed by atoms with van der Waals surface area (Å²) in [5, 5.41) is 2.37. The third kappa shape index (κ3) is 3.80. The van der Waals surface area contributed by atoms with E-state index < -0.39 is 22.9 Å². The summed E-state index contributed by atoms with van der Waals surface area (Å²) in [6.45, 7) is 2.01. The molecule has 2 aromatic rings. The summed E-state index contributed by atoms with van der Waals surface area (Å²) in [5.74, 6) is -0.509. The first-order valence-electron chi connectivity index (χ1n) is 10.3. The van der Waals surface area contributed by atoms with Gasteiger partial charge in [0.1, 0.15) is 23.3 Å². The number of amides is 4. The fourth-order valence-corrected chi connectivity index (χ4v) is 5.56. The van der Waals surface area contributed by atoms with Crippen LogP contribution in [0.15, 0.2) is 54.6 Å². The fraction of sp³-hybridized carbons (Fsp3) is 0.348. The first-order chi connectivity index (χ1) is 15.0. The minimum Gasteiger partial charge on any atom is -0.324 e. The van der Waals surface area contributed by atoms with Crippen LogP contribution in [0.25, 0.3) is 0 Å². The highest BCUT2D eigenvalue weighted by Gasteiger charge is 2.52. The predicted octanol–water partition coefficient (Wildman–Crippen LogP) is 3.65. The van der Waals surface area contributed by atoms with Gasteiger partial charge in [0.05, 0.1) is 0 Å². The molecular formula is C23H24FN3O3S. The maximum Gasteiger partial charge on any atom is 0.325 e. The van der Waals surface area contributed by atoms with Gasteiger partial charge in [-0.1, -0.05) is 61.9 Å². The van der Waals surface area contributed by atoms with E-state index in [4.69, 9.17) is 0 Å². The van der Waals surface area contributed by atoms with E-state index in [0.29, 0.717) is 36.3 Å². The Labute approximate surface area is 184 Å². The molecule has 0 aromatic heterocycles. The lowest BCUT2D eigenvalue weighted by Crippen LogP contribution is -2.45. The second-order valence-corrected chi connectivity index (χ2v) is 8.86. The molecule has 31 heavy (non-hydrogen) atoms. The standard InChI is InChI=1S/C23H24FN3O3S/c1-2-12-23(16-8-4-3-5-9-16)21(29)27(22(30)25-23)15-19(28)26-13-14-31-20(26)17-10-6-7-11-18(17)24/h3-11,20H,2,12-15H2,1H3,(H,25,30)/t20-,23-/m1/s1. The molecule has 2 saturated heterocycles. The molecule has 4 rings (SSSR count). The van der Waals surface area contributed by atoms with Crippen LogP contribution in [0.5, 0.6) is 0 Å². The number of rotatable bonds is 6. The van der Waals surface area contributed by atoms with E-state index in [1.807, 2.05) is 37.3 Å². The Morgan fingerprint density at radius 1 is 1.16 bits per heavy atom. The topological polar surface area (TPSA) is 69.7 Å². The first-order valence-corrected chi connectivity index (χ1v) is 11.4. The summed E-state index contributed by atoms with van der Waals surface area (Å²) in [5.41, 5.74) is -0.0378. The monoisotopic (exact) mass is 441 g/mol. The van der Waals surface area contributed by atoms with Crippen molar-refractivity contribution in [2.45, 2.75) is 30.7 Å². The lowest BCUT2D eigenvalue weighted by atomic mass is 9.85. The first kappa shape index (κ1) is 21.4. The van der Waals surface area contributed by atoms with Crippen LogP contribution >= 0.6 is 11.8 Å². The number of thioether (sulfide) groups is 1. The van der Waals surface area contributed by atoms with Gasteiger partial charge in [0.2, 0.25) is 5.91 Å². The van der Waals surface area contributed by atoms with Gasteiger partial charge in [0, 0.05) is 17.9 Å². The van der Waals surface area contributed by atoms with Crippen molar-refractivity contribution in [3.8, 4) is 0 Å². The van der Waals surface area contributed by atoms with Gasteiger partial charge in [-0.05, 0) is 18.1 Å². The number of carbonyl (C=O) groups is 3. The summed E-state index contributed by atoms with van der Waals surface area (Å²) in [6.07, 6.45) is 1.12. The summed E-state index contributed by atoms with van der Waals surface area (Å²) in [7, 11) is 0. The van der Waals surface area contributed by atoms with Crippen LogP contribution in [0.4, 0.5) is 9.18 Å². The van der Waals surface area contributed by atoms with Gasteiger partial charge in [-0.3, -0.25) is 14.5 Å². The Kier molecular flexibility index (Phi) is 6.00. The zero-order chi connectivity index (χ0) is 22.0. The Morgan fingerprint density at radius 2 is 1.87 bits per heavy atom. The summed E-state index contributed by atoms with van der Waals surface area (Å²) in [4.78, 5) is 41.8. The average Bonchev–Trinajstić information content (AvgIpc) is 3.35. The van der Waals surface area contributed by atoms with E-state index in [2.05, 4.69) is 5.32 Å². The number of nitrogens with one attached hydrogen (secondary N) is 1. The van der Waals surface area contributed by atoms with Gasteiger partial charge in [-0.25, -0.2) is 9.18 Å². The highest BCUT2D eigenvalue weighted by atomic mass is 32.2. The molecule has 0 saturated carbocycles. The number of hydrogen-bond acceptors (Lipinski definition) is 4. The maximum absolute atomic E-state index is 14.3. The molecule has 0 unspecified atom stereocenters.